The first-order chi connectivity index (χ1) is 21.3. The second-order valence-corrected chi connectivity index (χ2v) is 11.7. The Morgan fingerprint density at radius 1 is 1.14 bits per heavy atom. The van der Waals surface area contributed by atoms with Crippen LogP contribution in [0.2, 0.25) is 0 Å². The van der Waals surface area contributed by atoms with Crippen LogP contribution < -0.4 is 4.74 Å². The second-order valence-electron chi connectivity index (χ2n) is 11.7. The summed E-state index contributed by atoms with van der Waals surface area (Å²) in [6.07, 6.45) is 8.83. The number of benzene rings is 1. The zero-order chi connectivity index (χ0) is 30.5. The fraction of sp³-hybridized carbons (Fsp3) is 0.353. The molecule has 1 fully saturated rings. The third-order valence-corrected chi connectivity index (χ3v) is 9.03. The van der Waals surface area contributed by atoms with Gasteiger partial charge >= 0.3 is 5.97 Å². The second kappa shape index (κ2) is 11.2. The highest BCUT2D eigenvalue weighted by atomic mass is 19.1. The van der Waals surface area contributed by atoms with Crippen LogP contribution in [-0.2, 0) is 29.4 Å². The van der Waals surface area contributed by atoms with Gasteiger partial charge in [-0.2, -0.15) is 5.10 Å². The third kappa shape index (κ3) is 4.83. The minimum Gasteiger partial charge on any atom is -0.490 e. The SMILES string of the molecule is Cc1nc2c(cc(-c3ccnc(-c4cnn(C5CCOCC5)c4)c3)n2C)c(-c2cc(F)c3c(c2C)CCCO3)c1CC(=O)O. The molecule has 6 heterocycles. The van der Waals surface area contributed by atoms with Gasteiger partial charge in [-0.25, -0.2) is 9.37 Å². The Bertz CT molecular complexity index is 1920. The molecule has 0 spiro atoms. The Morgan fingerprint density at radius 3 is 2.75 bits per heavy atom. The van der Waals surface area contributed by atoms with E-state index in [2.05, 4.69) is 10.1 Å². The first-order valence-corrected chi connectivity index (χ1v) is 15.0. The predicted molar refractivity (Wildman–Crippen MR) is 164 cm³/mol. The van der Waals surface area contributed by atoms with Gasteiger partial charge < -0.3 is 19.1 Å². The van der Waals surface area contributed by atoms with Gasteiger partial charge in [0.2, 0.25) is 0 Å². The van der Waals surface area contributed by atoms with Crippen molar-refractivity contribution in [2.75, 3.05) is 19.8 Å². The third-order valence-electron chi connectivity index (χ3n) is 9.03. The molecule has 2 aliphatic heterocycles. The number of aromatic nitrogens is 5. The predicted octanol–water partition coefficient (Wildman–Crippen LogP) is 6.23. The van der Waals surface area contributed by atoms with Crippen molar-refractivity contribution >= 4 is 17.0 Å². The molecule has 9 nitrogen and oxygen atoms in total. The molecular formula is C34H34FN5O4. The average Bonchev–Trinajstić information content (AvgIpc) is 3.65. The minimum atomic E-state index is -0.967. The number of nitrogens with zero attached hydrogens (tertiary/aromatic N) is 5. The zero-order valence-corrected chi connectivity index (χ0v) is 25.1. The topological polar surface area (TPSA) is 104 Å². The van der Waals surface area contributed by atoms with Crippen LogP contribution in [0, 0.1) is 19.7 Å². The highest BCUT2D eigenvalue weighted by molar-refractivity contribution is 6.01. The highest BCUT2D eigenvalue weighted by Crippen LogP contribution is 2.43. The monoisotopic (exact) mass is 595 g/mol. The molecule has 7 rings (SSSR count). The molecule has 0 unspecified atom stereocenters. The molecule has 1 aromatic carbocycles. The number of carboxylic acid groups (broad SMARTS) is 1. The molecule has 226 valence electrons. The number of hydrogen-bond donors (Lipinski definition) is 1. The molecule has 0 radical (unpaired) electrons. The van der Waals surface area contributed by atoms with Gasteiger partial charge in [0.05, 0.1) is 36.7 Å². The normalized spacial score (nSPS) is 15.4. The largest absolute Gasteiger partial charge is 0.490 e. The Hall–Kier alpha value is -4.57. The Morgan fingerprint density at radius 2 is 1.95 bits per heavy atom. The molecule has 2 aliphatic rings. The lowest BCUT2D eigenvalue weighted by molar-refractivity contribution is -0.136. The van der Waals surface area contributed by atoms with Crippen molar-refractivity contribution in [1.82, 2.24) is 24.3 Å². The van der Waals surface area contributed by atoms with Gasteiger partial charge in [-0.3, -0.25) is 14.5 Å². The van der Waals surface area contributed by atoms with Crippen LogP contribution in [0.1, 0.15) is 47.7 Å². The van der Waals surface area contributed by atoms with Crippen LogP contribution in [0.25, 0.3) is 44.7 Å². The van der Waals surface area contributed by atoms with Crippen molar-refractivity contribution in [1.29, 1.82) is 0 Å². The molecule has 0 bridgehead atoms. The lowest BCUT2D eigenvalue weighted by atomic mass is 9.87. The van der Waals surface area contributed by atoms with Crippen molar-refractivity contribution in [3.05, 3.63) is 71.1 Å². The number of ether oxygens (including phenoxy) is 2. The Balaban J connectivity index is 1.38. The van der Waals surface area contributed by atoms with Gasteiger partial charge in [-0.15, -0.1) is 0 Å². The van der Waals surface area contributed by atoms with E-state index in [9.17, 15) is 9.90 Å². The van der Waals surface area contributed by atoms with Crippen molar-refractivity contribution in [2.24, 2.45) is 7.05 Å². The molecule has 5 aromatic rings. The summed E-state index contributed by atoms with van der Waals surface area (Å²) < 4.78 is 30.7. The number of aryl methyl sites for hydroxylation is 2. The summed E-state index contributed by atoms with van der Waals surface area (Å²) in [6.45, 7) is 5.75. The van der Waals surface area contributed by atoms with Crippen LogP contribution >= 0.6 is 0 Å². The van der Waals surface area contributed by atoms with Crippen molar-refractivity contribution < 1.29 is 23.8 Å². The van der Waals surface area contributed by atoms with E-state index in [-0.39, 0.29) is 6.42 Å². The maximum atomic E-state index is 15.5. The van der Waals surface area contributed by atoms with E-state index in [1.165, 1.54) is 6.07 Å². The molecule has 10 heteroatoms. The summed E-state index contributed by atoms with van der Waals surface area (Å²) in [4.78, 5) is 21.6. The molecule has 0 atom stereocenters. The van der Waals surface area contributed by atoms with Crippen LogP contribution in [-0.4, -0.2) is 55.2 Å². The summed E-state index contributed by atoms with van der Waals surface area (Å²) in [7, 11) is 1.95. The number of pyridine rings is 2. The van der Waals surface area contributed by atoms with Gasteiger partial charge in [-0.05, 0) is 86.1 Å². The minimum absolute atomic E-state index is 0.223. The Labute approximate surface area is 254 Å². The summed E-state index contributed by atoms with van der Waals surface area (Å²) in [5.41, 5.74) is 8.54. The first-order valence-electron chi connectivity index (χ1n) is 15.0. The summed E-state index contributed by atoms with van der Waals surface area (Å²) in [5, 5.41) is 15.3. The lowest BCUT2D eigenvalue weighted by Gasteiger charge is -2.23. The number of aliphatic carboxylic acids is 1. The van der Waals surface area contributed by atoms with Gasteiger partial charge in [0.1, 0.15) is 5.65 Å². The van der Waals surface area contributed by atoms with Crippen molar-refractivity contribution in [3.63, 3.8) is 0 Å². The van der Waals surface area contributed by atoms with E-state index in [4.69, 9.17) is 14.5 Å². The highest BCUT2D eigenvalue weighted by Gasteiger charge is 2.26. The molecule has 44 heavy (non-hydrogen) atoms. The van der Waals surface area contributed by atoms with Gasteiger partial charge in [0, 0.05) is 60.4 Å². The molecule has 1 saturated heterocycles. The summed E-state index contributed by atoms with van der Waals surface area (Å²) >= 11 is 0. The maximum absolute atomic E-state index is 15.5. The van der Waals surface area contributed by atoms with Crippen LogP contribution in [0.5, 0.6) is 5.75 Å². The van der Waals surface area contributed by atoms with Gasteiger partial charge in [-0.1, -0.05) is 0 Å². The van der Waals surface area contributed by atoms with E-state index in [0.29, 0.717) is 52.9 Å². The number of rotatable bonds is 6. The number of hydrogen-bond acceptors (Lipinski definition) is 6. The molecule has 0 amide bonds. The van der Waals surface area contributed by atoms with Crippen molar-refractivity contribution in [2.45, 2.75) is 52.0 Å². The van der Waals surface area contributed by atoms with E-state index in [1.807, 2.05) is 60.7 Å². The smallest absolute Gasteiger partial charge is 0.307 e. The number of carboxylic acids is 1. The van der Waals surface area contributed by atoms with E-state index in [0.717, 1.165) is 71.5 Å². The van der Waals surface area contributed by atoms with E-state index in [1.54, 1.807) is 6.20 Å². The summed E-state index contributed by atoms with van der Waals surface area (Å²) in [5.74, 6) is -1.09. The number of carbonyl (C=O) groups is 1. The summed E-state index contributed by atoms with van der Waals surface area (Å²) in [6, 6.07) is 7.82. The number of halogens is 1. The lowest BCUT2D eigenvalue weighted by Crippen LogP contribution is -2.19. The molecular weight excluding hydrogens is 561 g/mol. The van der Waals surface area contributed by atoms with Gasteiger partial charge in [0.25, 0.3) is 0 Å². The molecule has 1 N–H and O–H groups in total. The van der Waals surface area contributed by atoms with Crippen LogP contribution in [0.15, 0.2) is 42.9 Å². The zero-order valence-electron chi connectivity index (χ0n) is 25.1. The molecule has 0 aliphatic carbocycles. The first kappa shape index (κ1) is 28.2. The Kier molecular flexibility index (Phi) is 7.16. The van der Waals surface area contributed by atoms with E-state index >= 15 is 4.39 Å². The fourth-order valence-electron chi connectivity index (χ4n) is 6.72. The fourth-order valence-corrected chi connectivity index (χ4v) is 6.72. The van der Waals surface area contributed by atoms with E-state index < -0.39 is 11.8 Å². The number of fused-ring (bicyclic) bond motifs is 2. The average molecular weight is 596 g/mol. The maximum Gasteiger partial charge on any atom is 0.307 e. The molecule has 4 aromatic heterocycles. The molecule has 0 saturated carbocycles. The van der Waals surface area contributed by atoms with Crippen LogP contribution in [0.3, 0.4) is 0 Å². The standard InChI is InChI=1S/C34H34FN5O4/c1-19-24-5-4-10-44-33(24)28(35)14-25(19)32-26(16-31(41)42)20(2)38-34-27(32)15-30(39(34)3)21-6-9-36-29(13-21)22-17-37-40(18-22)23-7-11-43-12-8-23/h6,9,13-15,17-18,23H,4-5,7-8,10-12,16H2,1-3H3,(H,41,42). The van der Waals surface area contributed by atoms with Crippen LogP contribution in [0.4, 0.5) is 4.39 Å². The quantitative estimate of drug-likeness (QED) is 0.248. The van der Waals surface area contributed by atoms with Gasteiger partial charge in [0.15, 0.2) is 11.6 Å². The van der Waals surface area contributed by atoms with Crippen molar-refractivity contribution in [3.8, 4) is 39.4 Å².